The summed E-state index contributed by atoms with van der Waals surface area (Å²) in [6.45, 7) is 0. The van der Waals surface area contributed by atoms with Gasteiger partial charge in [0.2, 0.25) is 0 Å². The van der Waals surface area contributed by atoms with Crippen LogP contribution in [0.3, 0.4) is 0 Å². The average molecular weight is 259 g/mol. The molecule has 2 rings (SSSR count). The Morgan fingerprint density at radius 2 is 2.18 bits per heavy atom. The van der Waals surface area contributed by atoms with Crippen molar-refractivity contribution >= 4 is 17.6 Å². The highest BCUT2D eigenvalue weighted by Crippen LogP contribution is 2.47. The molecule has 2 N–H and O–H groups in total. The Labute approximate surface area is 103 Å². The van der Waals surface area contributed by atoms with Crippen LogP contribution in [0.25, 0.3) is 0 Å². The molecule has 1 aliphatic carbocycles. The molecule has 17 heavy (non-hydrogen) atoms. The number of phenols is 1. The monoisotopic (exact) mass is 258 g/mol. The van der Waals surface area contributed by atoms with Gasteiger partial charge in [-0.05, 0) is 30.4 Å². The van der Waals surface area contributed by atoms with E-state index >= 15 is 0 Å². The van der Waals surface area contributed by atoms with Gasteiger partial charge in [0.15, 0.2) is 0 Å². The van der Waals surface area contributed by atoms with E-state index < -0.39 is 11.8 Å². The summed E-state index contributed by atoms with van der Waals surface area (Å²) >= 11 is 5.66. The van der Waals surface area contributed by atoms with Gasteiger partial charge in [-0.3, -0.25) is 4.79 Å². The van der Waals surface area contributed by atoms with Crippen molar-refractivity contribution in [1.82, 2.24) is 0 Å². The quantitative estimate of drug-likeness (QED) is 0.872. The average Bonchev–Trinajstić information content (AvgIpc) is 3.04. The highest BCUT2D eigenvalue weighted by molar-refractivity contribution is 6.30. The smallest absolute Gasteiger partial charge is 0.303 e. The number of phenolic OH excluding ortho intramolecular Hbond substituents is 1. The van der Waals surface area contributed by atoms with Crippen LogP contribution in [0.15, 0.2) is 12.1 Å². The van der Waals surface area contributed by atoms with Crippen LogP contribution >= 0.6 is 11.6 Å². The van der Waals surface area contributed by atoms with Gasteiger partial charge in [0.05, 0.1) is 11.4 Å². The molecule has 1 aromatic carbocycles. The maximum absolute atomic E-state index is 13.1. The lowest BCUT2D eigenvalue weighted by Gasteiger charge is -2.16. The number of halogens is 2. The lowest BCUT2D eigenvalue weighted by atomic mass is 9.90. The molecular weight excluding hydrogens is 247 g/mol. The number of benzene rings is 1. The van der Waals surface area contributed by atoms with Crippen LogP contribution in [0.4, 0.5) is 4.39 Å². The highest BCUT2D eigenvalue weighted by Gasteiger charge is 2.35. The van der Waals surface area contributed by atoms with Crippen molar-refractivity contribution in [1.29, 1.82) is 0 Å². The standard InChI is InChI=1S/C12H12ClFO3/c13-9-3-8(11(15)5-10(9)14)7(4-12(16)17)6-1-2-6/h3,5-7,15H,1-2,4H2,(H,16,17). The van der Waals surface area contributed by atoms with E-state index in [1.165, 1.54) is 6.07 Å². The maximum atomic E-state index is 13.1. The fraction of sp³-hybridized carbons (Fsp3) is 0.417. The fourth-order valence-corrected chi connectivity index (χ4v) is 2.24. The van der Waals surface area contributed by atoms with E-state index in [0.717, 1.165) is 18.9 Å². The van der Waals surface area contributed by atoms with E-state index in [2.05, 4.69) is 0 Å². The number of carboxylic acid groups (broad SMARTS) is 1. The first-order valence-electron chi connectivity index (χ1n) is 5.38. The molecule has 5 heteroatoms. The first-order chi connectivity index (χ1) is 7.99. The maximum Gasteiger partial charge on any atom is 0.303 e. The molecule has 0 spiro atoms. The van der Waals surface area contributed by atoms with Crippen LogP contribution in [0, 0.1) is 11.7 Å². The van der Waals surface area contributed by atoms with Gasteiger partial charge in [0.1, 0.15) is 11.6 Å². The van der Waals surface area contributed by atoms with Gasteiger partial charge in [-0.2, -0.15) is 0 Å². The third-order valence-electron chi connectivity index (χ3n) is 3.05. The molecule has 1 saturated carbocycles. The van der Waals surface area contributed by atoms with Crippen molar-refractivity contribution in [2.45, 2.75) is 25.2 Å². The Hall–Kier alpha value is -1.29. The Balaban J connectivity index is 2.35. The molecule has 0 amide bonds. The van der Waals surface area contributed by atoms with Crippen molar-refractivity contribution < 1.29 is 19.4 Å². The second kappa shape index (κ2) is 4.53. The summed E-state index contributed by atoms with van der Waals surface area (Å²) in [7, 11) is 0. The van der Waals surface area contributed by atoms with Crippen LogP contribution in [0.1, 0.15) is 30.7 Å². The van der Waals surface area contributed by atoms with Crippen LogP contribution in [-0.2, 0) is 4.79 Å². The Morgan fingerprint density at radius 3 is 2.71 bits per heavy atom. The molecule has 3 nitrogen and oxygen atoms in total. The SMILES string of the molecule is O=C(O)CC(c1cc(Cl)c(F)cc1O)C1CC1. The number of carbonyl (C=O) groups is 1. The van der Waals surface area contributed by atoms with E-state index in [1.54, 1.807) is 0 Å². The zero-order valence-electron chi connectivity index (χ0n) is 8.99. The Kier molecular flexibility index (Phi) is 3.24. The fourth-order valence-electron chi connectivity index (χ4n) is 2.07. The third kappa shape index (κ3) is 2.69. The molecule has 0 aromatic heterocycles. The Bertz CT molecular complexity index is 457. The first-order valence-corrected chi connectivity index (χ1v) is 5.76. The summed E-state index contributed by atoms with van der Waals surface area (Å²) in [5.41, 5.74) is 0.432. The van der Waals surface area contributed by atoms with E-state index in [1.807, 2.05) is 0 Å². The highest BCUT2D eigenvalue weighted by atomic mass is 35.5. The minimum absolute atomic E-state index is 0.0693. The minimum Gasteiger partial charge on any atom is -0.508 e. The zero-order valence-corrected chi connectivity index (χ0v) is 9.75. The number of aromatic hydroxyl groups is 1. The number of carboxylic acids is 1. The largest absolute Gasteiger partial charge is 0.508 e. The van der Waals surface area contributed by atoms with Crippen LogP contribution in [0.2, 0.25) is 5.02 Å². The van der Waals surface area contributed by atoms with Gasteiger partial charge in [0.25, 0.3) is 0 Å². The number of rotatable bonds is 4. The van der Waals surface area contributed by atoms with Gasteiger partial charge < -0.3 is 10.2 Å². The molecule has 0 bridgehead atoms. The van der Waals surface area contributed by atoms with Crippen LogP contribution < -0.4 is 0 Å². The molecule has 1 fully saturated rings. The minimum atomic E-state index is -0.929. The van der Waals surface area contributed by atoms with Crippen molar-refractivity contribution in [2.24, 2.45) is 5.92 Å². The molecule has 0 radical (unpaired) electrons. The molecule has 1 unspecified atom stereocenters. The van der Waals surface area contributed by atoms with Crippen molar-refractivity contribution in [3.05, 3.63) is 28.5 Å². The molecule has 0 heterocycles. The summed E-state index contributed by atoms with van der Waals surface area (Å²) in [6, 6.07) is 2.27. The summed E-state index contributed by atoms with van der Waals surface area (Å²) in [5.74, 6) is -1.88. The zero-order chi connectivity index (χ0) is 12.6. The van der Waals surface area contributed by atoms with Gasteiger partial charge in [-0.15, -0.1) is 0 Å². The normalized spacial score (nSPS) is 16.8. The summed E-state index contributed by atoms with van der Waals surface area (Å²) in [5, 5.41) is 18.4. The van der Waals surface area contributed by atoms with E-state index in [9.17, 15) is 14.3 Å². The molecule has 1 aromatic rings. The van der Waals surface area contributed by atoms with E-state index in [4.69, 9.17) is 16.7 Å². The van der Waals surface area contributed by atoms with Gasteiger partial charge in [0, 0.05) is 12.0 Å². The molecule has 1 atom stereocenters. The second-order valence-electron chi connectivity index (χ2n) is 4.37. The van der Waals surface area contributed by atoms with Gasteiger partial charge in [-0.1, -0.05) is 11.6 Å². The topological polar surface area (TPSA) is 57.5 Å². The summed E-state index contributed by atoms with van der Waals surface area (Å²) in [4.78, 5) is 10.8. The van der Waals surface area contributed by atoms with Crippen molar-refractivity contribution in [2.75, 3.05) is 0 Å². The predicted octanol–water partition coefficient (Wildman–Crippen LogP) is 3.15. The van der Waals surface area contributed by atoms with Gasteiger partial charge in [-0.25, -0.2) is 4.39 Å². The summed E-state index contributed by atoms with van der Waals surface area (Å²) < 4.78 is 13.1. The Morgan fingerprint density at radius 1 is 1.53 bits per heavy atom. The molecule has 0 aliphatic heterocycles. The number of aliphatic carboxylic acids is 1. The molecule has 0 saturated heterocycles. The first kappa shape index (κ1) is 12.2. The lowest BCUT2D eigenvalue weighted by molar-refractivity contribution is -0.137. The van der Waals surface area contributed by atoms with Crippen LogP contribution in [-0.4, -0.2) is 16.2 Å². The third-order valence-corrected chi connectivity index (χ3v) is 3.34. The van der Waals surface area contributed by atoms with E-state index in [-0.39, 0.29) is 29.0 Å². The lowest BCUT2D eigenvalue weighted by Crippen LogP contribution is -2.09. The van der Waals surface area contributed by atoms with Gasteiger partial charge >= 0.3 is 5.97 Å². The number of hydrogen-bond donors (Lipinski definition) is 2. The molecule has 92 valence electrons. The molecular formula is C12H12ClFO3. The van der Waals surface area contributed by atoms with Crippen molar-refractivity contribution in [3.8, 4) is 5.75 Å². The van der Waals surface area contributed by atoms with Crippen LogP contribution in [0.5, 0.6) is 5.75 Å². The number of hydrogen-bond acceptors (Lipinski definition) is 2. The van der Waals surface area contributed by atoms with E-state index in [0.29, 0.717) is 5.56 Å². The van der Waals surface area contributed by atoms with Crippen molar-refractivity contribution in [3.63, 3.8) is 0 Å². The molecule has 1 aliphatic rings. The predicted molar refractivity (Wildman–Crippen MR) is 60.8 cm³/mol. The summed E-state index contributed by atoms with van der Waals surface area (Å²) in [6.07, 6.45) is 1.80. The second-order valence-corrected chi connectivity index (χ2v) is 4.77.